The molecule has 1 aromatic carbocycles. The Morgan fingerprint density at radius 3 is 2.50 bits per heavy atom. The minimum Gasteiger partial charge on any atom is -0.414 e. The fraction of sp³-hybridized carbons (Fsp3) is 0.429. The summed E-state index contributed by atoms with van der Waals surface area (Å²) in [5.41, 5.74) is 0. The average molecular weight is 372 g/mol. The number of benzene rings is 1. The topological polar surface area (TPSA) is 71.6 Å². The number of piperazine rings is 1. The number of nitrogens with zero attached hydrogens (tertiary/aromatic N) is 4. The van der Waals surface area contributed by atoms with Gasteiger partial charge in [0.05, 0.1) is 6.67 Å². The van der Waals surface area contributed by atoms with Gasteiger partial charge in [-0.1, -0.05) is 12.1 Å². The molecular formula is C14H17FN4O3S2. The second-order valence-corrected chi connectivity index (χ2v) is 7.74. The summed E-state index contributed by atoms with van der Waals surface area (Å²) in [6, 6.07) is 5.42. The molecule has 0 radical (unpaired) electrons. The molecule has 7 nitrogen and oxygen atoms in total. The summed E-state index contributed by atoms with van der Waals surface area (Å²) in [5, 5.41) is 4.15. The van der Waals surface area contributed by atoms with Crippen molar-refractivity contribution in [3.8, 4) is 0 Å². The van der Waals surface area contributed by atoms with E-state index < -0.39 is 15.8 Å². The highest BCUT2D eigenvalue weighted by molar-refractivity contribution is 7.89. The Balaban J connectivity index is 1.68. The van der Waals surface area contributed by atoms with E-state index in [0.717, 1.165) is 6.07 Å². The van der Waals surface area contributed by atoms with Crippen molar-refractivity contribution in [1.82, 2.24) is 19.0 Å². The quantitative estimate of drug-likeness (QED) is 0.760. The zero-order chi connectivity index (χ0) is 17.3. The van der Waals surface area contributed by atoms with Crippen molar-refractivity contribution in [1.29, 1.82) is 0 Å². The highest BCUT2D eigenvalue weighted by Crippen LogP contribution is 2.20. The van der Waals surface area contributed by atoms with Gasteiger partial charge in [0.15, 0.2) is 0 Å². The number of hydrogen-bond acceptors (Lipinski definition) is 6. The van der Waals surface area contributed by atoms with Crippen LogP contribution in [0.2, 0.25) is 0 Å². The van der Waals surface area contributed by atoms with E-state index in [-0.39, 0.29) is 22.8 Å². The van der Waals surface area contributed by atoms with Crippen molar-refractivity contribution >= 4 is 22.2 Å². The predicted molar refractivity (Wildman–Crippen MR) is 86.8 cm³/mol. The summed E-state index contributed by atoms with van der Waals surface area (Å²) in [5.74, 6) is -0.245. The highest BCUT2D eigenvalue weighted by Gasteiger charge is 2.30. The summed E-state index contributed by atoms with van der Waals surface area (Å²) < 4.78 is 47.0. The van der Waals surface area contributed by atoms with Gasteiger partial charge in [0.2, 0.25) is 15.9 Å². The molecule has 1 saturated heterocycles. The molecule has 1 fully saturated rings. The normalized spacial score (nSPS) is 17.2. The van der Waals surface area contributed by atoms with E-state index in [1.807, 2.05) is 4.90 Å². The predicted octanol–water partition coefficient (Wildman–Crippen LogP) is 1.62. The van der Waals surface area contributed by atoms with Gasteiger partial charge in [0.1, 0.15) is 10.7 Å². The van der Waals surface area contributed by atoms with E-state index in [0.29, 0.717) is 25.6 Å². The molecule has 0 N–H and O–H groups in total. The van der Waals surface area contributed by atoms with Crippen molar-refractivity contribution in [2.75, 3.05) is 26.2 Å². The zero-order valence-electron chi connectivity index (χ0n) is 13.1. The van der Waals surface area contributed by atoms with Crippen LogP contribution in [0.5, 0.6) is 0 Å². The lowest BCUT2D eigenvalue weighted by atomic mass is 10.3. The maximum atomic E-state index is 13.8. The molecule has 0 amide bonds. The lowest BCUT2D eigenvalue weighted by molar-refractivity contribution is 0.143. The molecule has 130 valence electrons. The van der Waals surface area contributed by atoms with E-state index in [1.54, 1.807) is 11.6 Å². The summed E-state index contributed by atoms with van der Waals surface area (Å²) >= 11 is 5.06. The molecule has 0 saturated carbocycles. The molecule has 0 aliphatic carbocycles. The maximum Gasteiger partial charge on any atom is 0.288 e. The second kappa shape index (κ2) is 6.71. The Morgan fingerprint density at radius 2 is 1.92 bits per heavy atom. The fourth-order valence-electron chi connectivity index (χ4n) is 2.59. The van der Waals surface area contributed by atoms with Gasteiger partial charge in [0.25, 0.3) is 4.84 Å². The van der Waals surface area contributed by atoms with Crippen molar-refractivity contribution in [3.63, 3.8) is 0 Å². The molecule has 24 heavy (non-hydrogen) atoms. The van der Waals surface area contributed by atoms with Crippen LogP contribution >= 0.6 is 12.2 Å². The largest absolute Gasteiger partial charge is 0.414 e. The molecule has 0 atom stereocenters. The highest BCUT2D eigenvalue weighted by atomic mass is 32.2. The first-order valence-corrected chi connectivity index (χ1v) is 9.24. The molecule has 0 spiro atoms. The SMILES string of the molecule is Cc1nn(CN2CCN(S(=O)(=O)c3ccccc3F)CC2)c(=S)o1. The van der Waals surface area contributed by atoms with Gasteiger partial charge in [-0.2, -0.15) is 4.31 Å². The Labute approximate surface area is 144 Å². The van der Waals surface area contributed by atoms with Gasteiger partial charge >= 0.3 is 0 Å². The van der Waals surface area contributed by atoms with Gasteiger partial charge in [-0.05, 0) is 24.4 Å². The lowest BCUT2D eigenvalue weighted by Crippen LogP contribution is -2.49. The number of halogens is 1. The molecule has 1 aliphatic heterocycles. The Hall–Kier alpha value is -1.62. The Morgan fingerprint density at radius 1 is 1.25 bits per heavy atom. The van der Waals surface area contributed by atoms with E-state index in [4.69, 9.17) is 16.6 Å². The van der Waals surface area contributed by atoms with Crippen LogP contribution in [0.3, 0.4) is 0 Å². The van der Waals surface area contributed by atoms with Crippen molar-refractivity contribution in [2.24, 2.45) is 0 Å². The number of aryl methyl sites for hydroxylation is 1. The number of sulfonamides is 1. The molecule has 0 unspecified atom stereocenters. The summed E-state index contributed by atoms with van der Waals surface area (Å²) in [6.07, 6.45) is 0. The first-order chi connectivity index (χ1) is 11.4. The van der Waals surface area contributed by atoms with Crippen LogP contribution in [-0.2, 0) is 16.7 Å². The molecule has 1 aromatic heterocycles. The molecule has 2 aromatic rings. The second-order valence-electron chi connectivity index (χ2n) is 5.48. The average Bonchev–Trinajstić information content (AvgIpc) is 2.85. The minimum absolute atomic E-state index is 0.279. The molecule has 1 aliphatic rings. The third-order valence-corrected chi connectivity index (χ3v) is 6.05. The fourth-order valence-corrected chi connectivity index (χ4v) is 4.30. The molecule has 10 heteroatoms. The summed E-state index contributed by atoms with van der Waals surface area (Å²) in [6.45, 7) is 3.71. The third kappa shape index (κ3) is 3.41. The van der Waals surface area contributed by atoms with Gasteiger partial charge in [-0.3, -0.25) is 4.90 Å². The first kappa shape index (κ1) is 17.2. The summed E-state index contributed by atoms with van der Waals surface area (Å²) in [7, 11) is -3.82. The number of hydrogen-bond donors (Lipinski definition) is 0. The summed E-state index contributed by atoms with van der Waals surface area (Å²) in [4.78, 5) is 2.02. The van der Waals surface area contributed by atoms with Crippen LogP contribution in [0, 0.1) is 17.6 Å². The van der Waals surface area contributed by atoms with E-state index in [1.165, 1.54) is 22.5 Å². The minimum atomic E-state index is -3.82. The molecule has 2 heterocycles. The first-order valence-electron chi connectivity index (χ1n) is 7.39. The Bertz CT molecular complexity index is 885. The van der Waals surface area contributed by atoms with Crippen LogP contribution < -0.4 is 0 Å². The van der Waals surface area contributed by atoms with E-state index in [2.05, 4.69) is 5.10 Å². The van der Waals surface area contributed by atoms with Gasteiger partial charge in [-0.25, -0.2) is 17.5 Å². The Kier molecular flexibility index (Phi) is 4.81. The van der Waals surface area contributed by atoms with Crippen LogP contribution in [0.1, 0.15) is 5.89 Å². The third-order valence-electron chi connectivity index (χ3n) is 3.83. The smallest absolute Gasteiger partial charge is 0.288 e. The van der Waals surface area contributed by atoms with Crippen LogP contribution in [0.25, 0.3) is 0 Å². The monoisotopic (exact) mass is 372 g/mol. The number of rotatable bonds is 4. The zero-order valence-corrected chi connectivity index (χ0v) is 14.7. The molecule has 0 bridgehead atoms. The van der Waals surface area contributed by atoms with E-state index >= 15 is 0 Å². The van der Waals surface area contributed by atoms with Crippen molar-refractivity contribution in [3.05, 3.63) is 40.8 Å². The number of aromatic nitrogens is 2. The van der Waals surface area contributed by atoms with E-state index in [9.17, 15) is 12.8 Å². The van der Waals surface area contributed by atoms with Gasteiger partial charge < -0.3 is 4.42 Å². The van der Waals surface area contributed by atoms with Crippen molar-refractivity contribution < 1.29 is 17.2 Å². The van der Waals surface area contributed by atoms with Gasteiger partial charge in [0, 0.05) is 33.1 Å². The van der Waals surface area contributed by atoms with Crippen LogP contribution in [0.15, 0.2) is 33.6 Å². The van der Waals surface area contributed by atoms with Crippen LogP contribution in [0.4, 0.5) is 4.39 Å². The van der Waals surface area contributed by atoms with Crippen LogP contribution in [-0.4, -0.2) is 53.6 Å². The van der Waals surface area contributed by atoms with Crippen molar-refractivity contribution in [2.45, 2.75) is 18.5 Å². The molecule has 3 rings (SSSR count). The maximum absolute atomic E-state index is 13.8. The molecular weight excluding hydrogens is 355 g/mol. The lowest BCUT2D eigenvalue weighted by Gasteiger charge is -2.33. The van der Waals surface area contributed by atoms with Gasteiger partial charge in [-0.15, -0.1) is 5.10 Å². The standard InChI is InChI=1S/C14H17FN4O3S2/c1-11-16-19(14(23)22-11)10-17-6-8-18(9-7-17)24(20,21)13-5-3-2-4-12(13)15/h2-5H,6-10H2,1H3.